The van der Waals surface area contributed by atoms with E-state index in [2.05, 4.69) is 22.0 Å². The number of nitrogens with one attached hydrogen (secondary N) is 1. The van der Waals surface area contributed by atoms with Crippen LogP contribution in [0.3, 0.4) is 0 Å². The molecule has 0 saturated carbocycles. The van der Waals surface area contributed by atoms with Gasteiger partial charge in [-0.05, 0) is 75.1 Å². The van der Waals surface area contributed by atoms with Gasteiger partial charge in [-0.15, -0.1) is 6.58 Å². The molecule has 0 aliphatic carbocycles. The summed E-state index contributed by atoms with van der Waals surface area (Å²) < 4.78 is 11.5. The summed E-state index contributed by atoms with van der Waals surface area (Å²) in [6, 6.07) is 11.5. The number of anilines is 1. The lowest BCUT2D eigenvalue weighted by molar-refractivity contribution is 0.0955. The van der Waals surface area contributed by atoms with Gasteiger partial charge in [0.25, 0.3) is 5.91 Å². The lowest BCUT2D eigenvalue weighted by Gasteiger charge is -2.17. The number of carbonyl (C=O) groups excluding carboxylic acids is 1. The van der Waals surface area contributed by atoms with Gasteiger partial charge in [0.1, 0.15) is 0 Å². The van der Waals surface area contributed by atoms with Gasteiger partial charge in [0.2, 0.25) is 0 Å². The van der Waals surface area contributed by atoms with Gasteiger partial charge in [-0.3, -0.25) is 4.79 Å². The number of amides is 1. The number of rotatable bonds is 10. The maximum absolute atomic E-state index is 12.4. The standard InChI is InChI=1S/C25H31N3O3/c1-4-9-21-16-19(17-23(30-5-2)24(21)31-6-3)18-26-27-25(29)20-10-12-22(13-11-20)28-14-7-8-15-28/h4,10-13,16-18H,1,5-9,14-15H2,2-3H3,(H,27,29)/b26-18-. The van der Waals surface area contributed by atoms with Crippen molar-refractivity contribution in [2.45, 2.75) is 33.1 Å². The quantitative estimate of drug-likeness (QED) is 0.347. The largest absolute Gasteiger partial charge is 0.490 e. The minimum atomic E-state index is -0.244. The Labute approximate surface area is 184 Å². The maximum atomic E-state index is 12.4. The lowest BCUT2D eigenvalue weighted by Crippen LogP contribution is -2.19. The summed E-state index contributed by atoms with van der Waals surface area (Å²) in [4.78, 5) is 14.8. The van der Waals surface area contributed by atoms with Crippen molar-refractivity contribution >= 4 is 17.8 Å². The van der Waals surface area contributed by atoms with Gasteiger partial charge in [-0.25, -0.2) is 5.43 Å². The predicted octanol–water partition coefficient (Wildman–Crippen LogP) is 4.58. The zero-order valence-electron chi connectivity index (χ0n) is 18.4. The fourth-order valence-corrected chi connectivity index (χ4v) is 3.67. The molecule has 0 unspecified atom stereocenters. The number of hydrogen-bond donors (Lipinski definition) is 1. The first-order valence-corrected chi connectivity index (χ1v) is 10.9. The molecule has 31 heavy (non-hydrogen) atoms. The predicted molar refractivity (Wildman–Crippen MR) is 126 cm³/mol. The van der Waals surface area contributed by atoms with Gasteiger partial charge in [0.15, 0.2) is 11.5 Å². The van der Waals surface area contributed by atoms with Crippen LogP contribution < -0.4 is 19.8 Å². The van der Waals surface area contributed by atoms with Crippen LogP contribution in [0.4, 0.5) is 5.69 Å². The van der Waals surface area contributed by atoms with E-state index in [1.807, 2.05) is 56.3 Å². The third-order valence-electron chi connectivity index (χ3n) is 5.09. The van der Waals surface area contributed by atoms with Crippen molar-refractivity contribution < 1.29 is 14.3 Å². The highest BCUT2D eigenvalue weighted by Gasteiger charge is 2.14. The van der Waals surface area contributed by atoms with Crippen molar-refractivity contribution in [2.75, 3.05) is 31.2 Å². The van der Waals surface area contributed by atoms with E-state index in [0.29, 0.717) is 30.9 Å². The van der Waals surface area contributed by atoms with Crippen molar-refractivity contribution in [2.24, 2.45) is 5.10 Å². The highest BCUT2D eigenvalue weighted by atomic mass is 16.5. The second-order valence-corrected chi connectivity index (χ2v) is 7.31. The number of carbonyl (C=O) groups is 1. The Kier molecular flexibility index (Phi) is 8.10. The van der Waals surface area contributed by atoms with Crippen LogP contribution in [0.25, 0.3) is 0 Å². The zero-order chi connectivity index (χ0) is 22.1. The van der Waals surface area contributed by atoms with Gasteiger partial charge >= 0.3 is 0 Å². The highest BCUT2D eigenvalue weighted by molar-refractivity contribution is 5.95. The van der Waals surface area contributed by atoms with E-state index >= 15 is 0 Å². The number of nitrogens with zero attached hydrogens (tertiary/aromatic N) is 2. The normalized spacial score (nSPS) is 13.4. The molecule has 6 heteroatoms. The van der Waals surface area contributed by atoms with Gasteiger partial charge in [0.05, 0.1) is 19.4 Å². The van der Waals surface area contributed by atoms with Crippen molar-refractivity contribution in [3.63, 3.8) is 0 Å². The molecule has 6 nitrogen and oxygen atoms in total. The van der Waals surface area contributed by atoms with E-state index in [1.165, 1.54) is 12.8 Å². The molecule has 3 rings (SSSR count). The fourth-order valence-electron chi connectivity index (χ4n) is 3.67. The molecule has 0 aromatic heterocycles. The van der Waals surface area contributed by atoms with Crippen molar-refractivity contribution in [1.82, 2.24) is 5.43 Å². The van der Waals surface area contributed by atoms with E-state index in [9.17, 15) is 4.79 Å². The Balaban J connectivity index is 1.70. The topological polar surface area (TPSA) is 63.2 Å². The molecule has 2 aromatic carbocycles. The van der Waals surface area contributed by atoms with Gasteiger partial charge in [-0.2, -0.15) is 5.10 Å². The second kappa shape index (κ2) is 11.2. The van der Waals surface area contributed by atoms with Crippen LogP contribution in [-0.2, 0) is 6.42 Å². The fraction of sp³-hybridized carbons (Fsp3) is 0.360. The molecule has 1 fully saturated rings. The van der Waals surface area contributed by atoms with Crippen molar-refractivity contribution in [1.29, 1.82) is 0 Å². The molecule has 0 radical (unpaired) electrons. The average Bonchev–Trinajstić information content (AvgIpc) is 3.31. The molecule has 0 atom stereocenters. The van der Waals surface area contributed by atoms with Crippen molar-refractivity contribution in [3.8, 4) is 11.5 Å². The number of benzene rings is 2. The molecule has 0 bridgehead atoms. The second-order valence-electron chi connectivity index (χ2n) is 7.31. The van der Waals surface area contributed by atoms with Gasteiger partial charge < -0.3 is 14.4 Å². The van der Waals surface area contributed by atoms with Gasteiger partial charge in [-0.1, -0.05) is 6.08 Å². The maximum Gasteiger partial charge on any atom is 0.271 e. The third kappa shape index (κ3) is 5.87. The number of allylic oxidation sites excluding steroid dienone is 1. The van der Waals surface area contributed by atoms with Crippen LogP contribution in [-0.4, -0.2) is 38.4 Å². The number of ether oxygens (including phenoxy) is 2. The molecule has 1 heterocycles. The first kappa shape index (κ1) is 22.4. The van der Waals surface area contributed by atoms with E-state index in [4.69, 9.17) is 9.47 Å². The number of hydrazone groups is 1. The summed E-state index contributed by atoms with van der Waals surface area (Å²) in [6.45, 7) is 10.9. The molecule has 0 spiro atoms. The molecule has 2 aromatic rings. The lowest BCUT2D eigenvalue weighted by atomic mass is 10.1. The summed E-state index contributed by atoms with van der Waals surface area (Å²) in [5.74, 6) is 1.14. The van der Waals surface area contributed by atoms with E-state index in [-0.39, 0.29) is 5.91 Å². The van der Waals surface area contributed by atoms with E-state index < -0.39 is 0 Å². The molecule has 1 saturated heterocycles. The van der Waals surface area contributed by atoms with Crippen LogP contribution in [0, 0.1) is 0 Å². The smallest absolute Gasteiger partial charge is 0.271 e. The highest BCUT2D eigenvalue weighted by Crippen LogP contribution is 2.33. The Morgan fingerprint density at radius 1 is 1.13 bits per heavy atom. The molecule has 164 valence electrons. The Morgan fingerprint density at radius 2 is 1.84 bits per heavy atom. The van der Waals surface area contributed by atoms with E-state index in [0.717, 1.165) is 35.7 Å². The Bertz CT molecular complexity index is 916. The van der Waals surface area contributed by atoms with Crippen LogP contribution in [0.15, 0.2) is 54.2 Å². The number of hydrogen-bond acceptors (Lipinski definition) is 5. The van der Waals surface area contributed by atoms with Crippen LogP contribution in [0.1, 0.15) is 48.2 Å². The van der Waals surface area contributed by atoms with Crippen molar-refractivity contribution in [3.05, 3.63) is 65.7 Å². The summed E-state index contributed by atoms with van der Waals surface area (Å²) in [6.07, 6.45) is 6.53. The minimum Gasteiger partial charge on any atom is -0.490 e. The minimum absolute atomic E-state index is 0.244. The Morgan fingerprint density at radius 3 is 2.48 bits per heavy atom. The van der Waals surface area contributed by atoms with Crippen LogP contribution in [0.2, 0.25) is 0 Å². The van der Waals surface area contributed by atoms with Gasteiger partial charge in [0, 0.05) is 29.9 Å². The monoisotopic (exact) mass is 421 g/mol. The first-order chi connectivity index (χ1) is 15.2. The average molecular weight is 422 g/mol. The first-order valence-electron chi connectivity index (χ1n) is 10.9. The third-order valence-corrected chi connectivity index (χ3v) is 5.09. The Hall–Kier alpha value is -3.28. The molecule has 1 aliphatic rings. The molecular formula is C25H31N3O3. The summed E-state index contributed by atoms with van der Waals surface area (Å²) in [5.41, 5.74) is 6.12. The molecule has 1 amide bonds. The molecular weight excluding hydrogens is 390 g/mol. The molecule has 1 aliphatic heterocycles. The SMILES string of the molecule is C=CCc1cc(/C=N\NC(=O)c2ccc(N3CCCC3)cc2)cc(OCC)c1OCC. The van der Waals surface area contributed by atoms with Crippen LogP contribution >= 0.6 is 0 Å². The van der Waals surface area contributed by atoms with Crippen LogP contribution in [0.5, 0.6) is 11.5 Å². The summed E-state index contributed by atoms with van der Waals surface area (Å²) >= 11 is 0. The molecule has 1 N–H and O–H groups in total. The summed E-state index contributed by atoms with van der Waals surface area (Å²) in [7, 11) is 0. The zero-order valence-corrected chi connectivity index (χ0v) is 18.4. The van der Waals surface area contributed by atoms with E-state index in [1.54, 1.807) is 6.21 Å². The summed E-state index contributed by atoms with van der Waals surface area (Å²) in [5, 5.41) is 4.14.